The van der Waals surface area contributed by atoms with Crippen molar-refractivity contribution in [3.05, 3.63) is 77.4 Å². The third-order valence-corrected chi connectivity index (χ3v) is 11.9. The normalized spacial score (nSPS) is 17.5. The van der Waals surface area contributed by atoms with E-state index in [9.17, 15) is 32.7 Å². The molecule has 1 saturated carbocycles. The van der Waals surface area contributed by atoms with Crippen LogP contribution in [-0.4, -0.2) is 79.4 Å². The molecule has 5 N–H and O–H groups in total. The van der Waals surface area contributed by atoms with E-state index in [1.165, 1.54) is 31.0 Å². The topological polar surface area (TPSA) is 179 Å². The molecule has 1 fully saturated rings. The van der Waals surface area contributed by atoms with Gasteiger partial charge in [0.1, 0.15) is 0 Å². The number of carbonyl (C=O) groups excluding carboxylic acids is 3. The van der Waals surface area contributed by atoms with Crippen LogP contribution in [0.2, 0.25) is 0 Å². The van der Waals surface area contributed by atoms with Crippen LogP contribution >= 0.6 is 0 Å². The molecule has 12 nitrogen and oxygen atoms in total. The van der Waals surface area contributed by atoms with E-state index < -0.39 is 62.4 Å². The predicted molar refractivity (Wildman–Crippen MR) is 192 cm³/mol. The van der Waals surface area contributed by atoms with Crippen LogP contribution in [0.25, 0.3) is 0 Å². The molecule has 1 unspecified atom stereocenters. The van der Waals surface area contributed by atoms with Gasteiger partial charge in [0.25, 0.3) is 15.9 Å². The van der Waals surface area contributed by atoms with Crippen LogP contribution in [0.15, 0.2) is 71.1 Å². The fourth-order valence-electron chi connectivity index (χ4n) is 5.94. The molecule has 0 aromatic heterocycles. The molecule has 1 aliphatic rings. The fourth-order valence-corrected chi connectivity index (χ4v) is 6.95. The molecule has 0 heterocycles. The highest BCUT2D eigenvalue weighted by Gasteiger charge is 2.47. The van der Waals surface area contributed by atoms with Crippen LogP contribution in [0.1, 0.15) is 79.4 Å². The van der Waals surface area contributed by atoms with Gasteiger partial charge in [0.2, 0.25) is 11.8 Å². The van der Waals surface area contributed by atoms with Gasteiger partial charge in [-0.15, -0.1) is 0 Å². The highest BCUT2D eigenvalue weighted by molar-refractivity contribution is 7.90. The number of rotatable bonds is 14. The number of nitrogens with one attached hydrogen (secondary N) is 2. The Kier molecular flexibility index (Phi) is 12.0. The first-order chi connectivity index (χ1) is 23.0. The summed E-state index contributed by atoms with van der Waals surface area (Å²) in [6.45, 7) is 13.7. The van der Waals surface area contributed by atoms with Crippen LogP contribution < -0.4 is 15.8 Å². The Hall–Kier alpha value is -4.23. The second kappa shape index (κ2) is 14.9. The molecule has 50 heavy (non-hydrogen) atoms. The van der Waals surface area contributed by atoms with E-state index in [-0.39, 0.29) is 22.3 Å². The van der Waals surface area contributed by atoms with E-state index >= 15 is 0 Å². The SMILES string of the molecule is C/C(=C\[C@H](C(C)C)N(C)C(=O)C(C)(C)[C@H](C)NC(=O)[C@](C)(c1ccccc1)C(C)N(C)C(=O)O)C(=O)NS(=O)(=O)c1ccc(C2(N)CC2)cc1. The lowest BCUT2D eigenvalue weighted by Gasteiger charge is -2.42. The monoisotopic (exact) mass is 711 g/mol. The minimum absolute atomic E-state index is 0.0653. The molecule has 4 amide bonds. The quantitative estimate of drug-likeness (QED) is 0.209. The van der Waals surface area contributed by atoms with Crippen molar-refractivity contribution >= 4 is 33.8 Å². The Morgan fingerprint density at radius 1 is 0.920 bits per heavy atom. The number of benzene rings is 2. The summed E-state index contributed by atoms with van der Waals surface area (Å²) in [5.41, 5.74) is 4.90. The largest absolute Gasteiger partial charge is 0.465 e. The number of amides is 4. The van der Waals surface area contributed by atoms with Crippen molar-refractivity contribution in [1.29, 1.82) is 0 Å². The highest BCUT2D eigenvalue weighted by atomic mass is 32.2. The molecule has 4 atom stereocenters. The van der Waals surface area contributed by atoms with Gasteiger partial charge in [-0.1, -0.05) is 62.4 Å². The van der Waals surface area contributed by atoms with Gasteiger partial charge in [-0.25, -0.2) is 17.9 Å². The summed E-state index contributed by atoms with van der Waals surface area (Å²) >= 11 is 0. The number of nitrogens with zero attached hydrogens (tertiary/aromatic N) is 2. The molecule has 2 aromatic rings. The molecule has 1 aliphatic carbocycles. The summed E-state index contributed by atoms with van der Waals surface area (Å²) in [5, 5.41) is 12.7. The van der Waals surface area contributed by atoms with Gasteiger partial charge >= 0.3 is 6.09 Å². The average molecular weight is 712 g/mol. The number of likely N-dealkylation sites (N-methyl/N-ethyl adjacent to an activating group) is 2. The third-order valence-electron chi connectivity index (χ3n) is 10.5. The van der Waals surface area contributed by atoms with Crippen molar-refractivity contribution in [2.45, 2.75) is 102 Å². The number of nitrogens with two attached hydrogens (primary N) is 1. The summed E-state index contributed by atoms with van der Waals surface area (Å²) in [7, 11) is -1.16. The molecular formula is C37H53N5O7S. The van der Waals surface area contributed by atoms with Crippen LogP contribution in [0.4, 0.5) is 4.79 Å². The van der Waals surface area contributed by atoms with Gasteiger partial charge in [0.15, 0.2) is 0 Å². The predicted octanol–water partition coefficient (Wildman–Crippen LogP) is 4.36. The van der Waals surface area contributed by atoms with Gasteiger partial charge in [-0.2, -0.15) is 0 Å². The number of carboxylic acid groups (broad SMARTS) is 1. The number of hydrogen-bond donors (Lipinski definition) is 4. The van der Waals surface area contributed by atoms with Crippen molar-refractivity contribution in [1.82, 2.24) is 19.8 Å². The van der Waals surface area contributed by atoms with E-state index in [1.54, 1.807) is 90.2 Å². The number of sulfonamides is 1. The Morgan fingerprint density at radius 3 is 1.94 bits per heavy atom. The zero-order valence-corrected chi connectivity index (χ0v) is 31.6. The molecule has 3 rings (SSSR count). The van der Waals surface area contributed by atoms with Gasteiger partial charge in [0, 0.05) is 31.2 Å². The summed E-state index contributed by atoms with van der Waals surface area (Å²) in [4.78, 5) is 55.7. The van der Waals surface area contributed by atoms with E-state index in [2.05, 4.69) is 10.0 Å². The van der Waals surface area contributed by atoms with Crippen molar-refractivity contribution in [3.63, 3.8) is 0 Å². The van der Waals surface area contributed by atoms with Crippen LogP contribution in [0.3, 0.4) is 0 Å². The first-order valence-electron chi connectivity index (χ1n) is 16.7. The first-order valence-corrected chi connectivity index (χ1v) is 18.2. The van der Waals surface area contributed by atoms with Crippen LogP contribution in [0.5, 0.6) is 0 Å². The molecular weight excluding hydrogens is 659 g/mol. The fraction of sp³-hybridized carbons (Fsp3) is 0.514. The second-order valence-corrected chi connectivity index (χ2v) is 16.4. The van der Waals surface area contributed by atoms with Crippen LogP contribution in [-0.2, 0) is 35.4 Å². The van der Waals surface area contributed by atoms with Crippen molar-refractivity contribution in [3.8, 4) is 0 Å². The highest BCUT2D eigenvalue weighted by Crippen LogP contribution is 2.42. The van der Waals surface area contributed by atoms with Gasteiger partial charge in [-0.3, -0.25) is 14.4 Å². The lowest BCUT2D eigenvalue weighted by atomic mass is 9.74. The lowest BCUT2D eigenvalue weighted by Crippen LogP contribution is -2.60. The molecule has 0 radical (unpaired) electrons. The van der Waals surface area contributed by atoms with Gasteiger partial charge < -0.3 is 26.0 Å². The van der Waals surface area contributed by atoms with E-state index in [0.717, 1.165) is 23.3 Å². The standard InChI is InChI=1S/C37H53N5O7S/c1-23(2)30(22-24(3)31(43)40-50(48,49)29-18-16-28(17-19-29)37(38)20-21-37)42(10)33(45)35(6,7)25(4)39-32(44)36(8,26(5)41(9)34(46)47)27-14-12-11-13-15-27/h11-19,22-23,25-26,30H,20-21,38H2,1-10H3,(H,39,44)(H,40,43)(H,46,47)/b24-22+/t25-,26?,30+,36-/m0/s1. The molecule has 274 valence electrons. The molecule has 13 heteroatoms. The molecule has 0 aliphatic heterocycles. The lowest BCUT2D eigenvalue weighted by molar-refractivity contribution is -0.143. The maximum atomic E-state index is 14.1. The minimum Gasteiger partial charge on any atom is -0.465 e. The van der Waals surface area contributed by atoms with Crippen molar-refractivity contribution < 1.29 is 32.7 Å². The zero-order valence-electron chi connectivity index (χ0n) is 30.8. The zero-order chi connectivity index (χ0) is 38.0. The Morgan fingerprint density at radius 2 is 1.46 bits per heavy atom. The van der Waals surface area contributed by atoms with Crippen molar-refractivity contribution in [2.75, 3.05) is 14.1 Å². The number of hydrogen-bond acceptors (Lipinski definition) is 7. The van der Waals surface area contributed by atoms with Crippen LogP contribution in [0, 0.1) is 11.3 Å². The smallest absolute Gasteiger partial charge is 0.407 e. The Bertz CT molecular complexity index is 1720. The number of carbonyl (C=O) groups is 4. The molecule has 0 saturated heterocycles. The summed E-state index contributed by atoms with van der Waals surface area (Å²) in [5.74, 6) is -1.76. The maximum Gasteiger partial charge on any atom is 0.407 e. The van der Waals surface area contributed by atoms with Crippen molar-refractivity contribution in [2.24, 2.45) is 17.1 Å². The Labute approximate surface area is 296 Å². The molecule has 0 spiro atoms. The maximum absolute atomic E-state index is 14.1. The minimum atomic E-state index is -4.17. The van der Waals surface area contributed by atoms with E-state index in [0.29, 0.717) is 5.56 Å². The van der Waals surface area contributed by atoms with E-state index in [1.807, 2.05) is 13.8 Å². The first kappa shape index (κ1) is 40.2. The van der Waals surface area contributed by atoms with E-state index in [4.69, 9.17) is 5.73 Å². The third kappa shape index (κ3) is 8.38. The molecule has 0 bridgehead atoms. The summed E-state index contributed by atoms with van der Waals surface area (Å²) in [6.07, 6.45) is 2.05. The average Bonchev–Trinajstić information content (AvgIpc) is 3.83. The Balaban J connectivity index is 1.80. The van der Waals surface area contributed by atoms with Gasteiger partial charge in [-0.05, 0) is 83.6 Å². The summed E-state index contributed by atoms with van der Waals surface area (Å²) < 4.78 is 28.2. The van der Waals surface area contributed by atoms with Gasteiger partial charge in [0.05, 0.1) is 27.8 Å². The second-order valence-electron chi connectivity index (χ2n) is 14.7. The summed E-state index contributed by atoms with van der Waals surface area (Å²) in [6, 6.07) is 13.0. The molecule has 2 aromatic carbocycles.